The minimum Gasteiger partial charge on any atom is -0.312 e. The summed E-state index contributed by atoms with van der Waals surface area (Å²) in [5.74, 6) is 0.420. The van der Waals surface area contributed by atoms with Crippen molar-refractivity contribution in [1.29, 1.82) is 0 Å². The van der Waals surface area contributed by atoms with Crippen LogP contribution in [-0.4, -0.2) is 33.1 Å². The summed E-state index contributed by atoms with van der Waals surface area (Å²) in [6.07, 6.45) is 0.0474. The highest BCUT2D eigenvalue weighted by Crippen LogP contribution is 2.37. The Morgan fingerprint density at radius 2 is 1.82 bits per heavy atom. The summed E-state index contributed by atoms with van der Waals surface area (Å²) in [5, 5.41) is 18.5. The highest BCUT2D eigenvalue weighted by atomic mass is 32.2. The molecule has 1 fully saturated rings. The van der Waals surface area contributed by atoms with E-state index in [-0.39, 0.29) is 30.5 Å². The second-order valence-electron chi connectivity index (χ2n) is 7.82. The fourth-order valence-electron chi connectivity index (χ4n) is 4.02. The number of rotatable bonds is 5. The zero-order valence-corrected chi connectivity index (χ0v) is 18.0. The minimum atomic E-state index is -0.576. The van der Waals surface area contributed by atoms with Crippen LogP contribution in [0, 0.1) is 21.8 Å². The molecule has 0 aliphatic carbocycles. The largest absolute Gasteiger partial charge is 0.312 e. The van der Waals surface area contributed by atoms with Crippen molar-refractivity contribution in [3.63, 3.8) is 0 Å². The van der Waals surface area contributed by atoms with Crippen molar-refractivity contribution >= 4 is 40.8 Å². The van der Waals surface area contributed by atoms with Gasteiger partial charge in [-0.2, -0.15) is 16.9 Å². The molecule has 1 N–H and O–H groups in total. The zero-order valence-electron chi connectivity index (χ0n) is 17.2. The molecule has 1 saturated heterocycles. The van der Waals surface area contributed by atoms with Gasteiger partial charge in [0.2, 0.25) is 11.8 Å². The monoisotopic (exact) mass is 467 g/mol. The Kier molecular flexibility index (Phi) is 5.33. The zero-order chi connectivity index (χ0) is 23.1. The first-order chi connectivity index (χ1) is 15.9. The Bertz CT molecular complexity index is 1260. The van der Waals surface area contributed by atoms with E-state index in [1.54, 1.807) is 28.6 Å². The number of amides is 2. The molecule has 3 aromatic rings. The van der Waals surface area contributed by atoms with Crippen LogP contribution in [0.3, 0.4) is 0 Å². The standard InChI is InChI=1S/C22H18FN5O4S/c23-14-1-3-15(4-2-14)26-10-13(9-20(26)29)22(30)24-21-18-11-33-12-19(18)25-27(21)16-5-7-17(8-6-16)28(31)32/h1-8,13H,9-12H2,(H,24,30). The van der Waals surface area contributed by atoms with Crippen LogP contribution in [0.4, 0.5) is 21.6 Å². The fourth-order valence-corrected chi connectivity index (χ4v) is 5.05. The van der Waals surface area contributed by atoms with Crippen LogP contribution in [-0.2, 0) is 21.1 Å². The Balaban J connectivity index is 1.39. The van der Waals surface area contributed by atoms with E-state index in [1.165, 1.54) is 41.3 Å². The van der Waals surface area contributed by atoms with Gasteiger partial charge in [-0.25, -0.2) is 9.07 Å². The number of nitro groups is 1. The van der Waals surface area contributed by atoms with Crippen LogP contribution in [0.5, 0.6) is 0 Å². The van der Waals surface area contributed by atoms with Gasteiger partial charge in [0.05, 0.1) is 22.2 Å². The number of hydrogen-bond acceptors (Lipinski definition) is 6. The number of nitrogens with one attached hydrogen (secondary N) is 1. The number of non-ortho nitro benzene ring substituents is 1. The van der Waals surface area contributed by atoms with Crippen molar-refractivity contribution in [2.24, 2.45) is 5.92 Å². The van der Waals surface area contributed by atoms with E-state index < -0.39 is 16.7 Å². The molecule has 1 aromatic heterocycles. The number of hydrogen-bond donors (Lipinski definition) is 1. The molecule has 3 heterocycles. The van der Waals surface area contributed by atoms with Gasteiger partial charge in [-0.15, -0.1) is 0 Å². The van der Waals surface area contributed by atoms with E-state index in [0.29, 0.717) is 28.7 Å². The molecule has 2 aliphatic rings. The van der Waals surface area contributed by atoms with Gasteiger partial charge in [0.15, 0.2) is 0 Å². The number of carbonyl (C=O) groups excluding carboxylic acids is 2. The third kappa shape index (κ3) is 3.95. The summed E-state index contributed by atoms with van der Waals surface area (Å²) in [7, 11) is 0. The van der Waals surface area contributed by atoms with Crippen LogP contribution < -0.4 is 10.2 Å². The Morgan fingerprint density at radius 1 is 1.12 bits per heavy atom. The van der Waals surface area contributed by atoms with Crippen LogP contribution in [0.2, 0.25) is 0 Å². The van der Waals surface area contributed by atoms with Gasteiger partial charge in [-0.1, -0.05) is 0 Å². The van der Waals surface area contributed by atoms with Crippen LogP contribution in [0.15, 0.2) is 48.5 Å². The molecule has 11 heteroatoms. The first-order valence-corrected chi connectivity index (χ1v) is 11.4. The van der Waals surface area contributed by atoms with E-state index >= 15 is 0 Å². The molecule has 0 bridgehead atoms. The summed E-state index contributed by atoms with van der Waals surface area (Å²) in [4.78, 5) is 37.6. The maximum atomic E-state index is 13.2. The molecule has 2 aromatic carbocycles. The van der Waals surface area contributed by atoms with Crippen LogP contribution in [0.1, 0.15) is 17.7 Å². The van der Waals surface area contributed by atoms with Gasteiger partial charge in [-0.05, 0) is 36.4 Å². The van der Waals surface area contributed by atoms with Crippen LogP contribution >= 0.6 is 11.8 Å². The summed E-state index contributed by atoms with van der Waals surface area (Å²) < 4.78 is 14.8. The highest BCUT2D eigenvalue weighted by Gasteiger charge is 2.36. The molecule has 2 amide bonds. The summed E-state index contributed by atoms with van der Waals surface area (Å²) in [5.41, 5.74) is 2.86. The van der Waals surface area contributed by atoms with Gasteiger partial charge in [-0.3, -0.25) is 19.7 Å². The molecule has 33 heavy (non-hydrogen) atoms. The number of halogens is 1. The number of benzene rings is 2. The van der Waals surface area contributed by atoms with E-state index in [4.69, 9.17) is 0 Å². The van der Waals surface area contributed by atoms with E-state index in [9.17, 15) is 24.1 Å². The van der Waals surface area contributed by atoms with Crippen molar-refractivity contribution in [3.8, 4) is 5.69 Å². The number of nitro benzene ring substituents is 1. The topological polar surface area (TPSA) is 110 Å². The fraction of sp³-hybridized carbons (Fsp3) is 0.227. The van der Waals surface area contributed by atoms with E-state index in [1.807, 2.05) is 0 Å². The normalized spacial score (nSPS) is 17.3. The third-order valence-corrected chi connectivity index (χ3v) is 6.70. The molecule has 2 aliphatic heterocycles. The highest BCUT2D eigenvalue weighted by molar-refractivity contribution is 7.98. The predicted octanol–water partition coefficient (Wildman–Crippen LogP) is 3.66. The molecule has 9 nitrogen and oxygen atoms in total. The maximum Gasteiger partial charge on any atom is 0.269 e. The lowest BCUT2D eigenvalue weighted by Crippen LogP contribution is -2.28. The minimum absolute atomic E-state index is 0.0371. The van der Waals surface area contributed by atoms with Crippen molar-refractivity contribution in [3.05, 3.63) is 75.7 Å². The number of thioether (sulfide) groups is 1. The lowest BCUT2D eigenvalue weighted by molar-refractivity contribution is -0.384. The number of anilines is 2. The summed E-state index contributed by atoms with van der Waals surface area (Å²) >= 11 is 1.68. The molecular formula is C22H18FN5O4S. The number of carbonyl (C=O) groups is 2. The van der Waals surface area contributed by atoms with E-state index in [0.717, 1.165) is 11.3 Å². The molecule has 0 radical (unpaired) electrons. The second kappa shape index (κ2) is 8.32. The van der Waals surface area contributed by atoms with Gasteiger partial charge in [0, 0.05) is 47.9 Å². The summed E-state index contributed by atoms with van der Waals surface area (Å²) in [6, 6.07) is 11.5. The maximum absolute atomic E-state index is 13.2. The Labute approximate surface area is 191 Å². The predicted molar refractivity (Wildman–Crippen MR) is 121 cm³/mol. The smallest absolute Gasteiger partial charge is 0.269 e. The van der Waals surface area contributed by atoms with Gasteiger partial charge in [0.1, 0.15) is 11.6 Å². The SMILES string of the molecule is O=C(Nc1c2c(nn1-c1ccc([N+](=O)[O-])cc1)CSC2)C1CC(=O)N(c2ccc(F)cc2)C1. The number of fused-ring (bicyclic) bond motifs is 1. The van der Waals surface area contributed by atoms with Crippen molar-refractivity contribution in [1.82, 2.24) is 9.78 Å². The first kappa shape index (κ1) is 21.1. The molecule has 0 spiro atoms. The van der Waals surface area contributed by atoms with E-state index in [2.05, 4.69) is 10.4 Å². The van der Waals surface area contributed by atoms with Gasteiger partial charge >= 0.3 is 0 Å². The molecular weight excluding hydrogens is 449 g/mol. The van der Waals surface area contributed by atoms with Crippen molar-refractivity contribution < 1.29 is 18.9 Å². The molecule has 168 valence electrons. The molecule has 0 saturated carbocycles. The Hall–Kier alpha value is -3.73. The summed E-state index contributed by atoms with van der Waals surface area (Å²) in [6.45, 7) is 0.193. The van der Waals surface area contributed by atoms with Crippen molar-refractivity contribution in [2.45, 2.75) is 17.9 Å². The molecule has 1 unspecified atom stereocenters. The average Bonchev–Trinajstić information content (AvgIpc) is 3.50. The van der Waals surface area contributed by atoms with Gasteiger partial charge in [0.25, 0.3) is 5.69 Å². The second-order valence-corrected chi connectivity index (χ2v) is 8.81. The molecule has 5 rings (SSSR count). The average molecular weight is 467 g/mol. The number of nitrogens with zero attached hydrogens (tertiary/aromatic N) is 4. The third-order valence-electron chi connectivity index (χ3n) is 5.73. The lowest BCUT2D eigenvalue weighted by Gasteiger charge is -2.17. The number of aromatic nitrogens is 2. The van der Waals surface area contributed by atoms with Crippen LogP contribution in [0.25, 0.3) is 5.69 Å². The Morgan fingerprint density at radius 3 is 2.52 bits per heavy atom. The lowest BCUT2D eigenvalue weighted by atomic mass is 10.1. The quantitative estimate of drug-likeness (QED) is 0.453. The molecule has 1 atom stereocenters. The van der Waals surface area contributed by atoms with Crippen molar-refractivity contribution in [2.75, 3.05) is 16.8 Å². The first-order valence-electron chi connectivity index (χ1n) is 10.2. The van der Waals surface area contributed by atoms with Gasteiger partial charge < -0.3 is 10.2 Å².